The van der Waals surface area contributed by atoms with Gasteiger partial charge in [-0.25, -0.2) is 13.8 Å². The molecule has 2 aromatic carbocycles. The lowest BCUT2D eigenvalue weighted by atomic mass is 9.90. The summed E-state index contributed by atoms with van der Waals surface area (Å²) in [6.07, 6.45) is 6.23. The molecule has 1 atom stereocenters. The molecule has 0 radical (unpaired) electrons. The Labute approximate surface area is 209 Å². The number of aliphatic hydroxyl groups is 1. The Balaban J connectivity index is 1.06. The Morgan fingerprint density at radius 3 is 2.44 bits per heavy atom. The molecule has 5 rings (SSSR count). The highest BCUT2D eigenvalue weighted by atomic mass is 19.1. The summed E-state index contributed by atoms with van der Waals surface area (Å²) < 4.78 is 32.6. The van der Waals surface area contributed by atoms with E-state index in [1.165, 1.54) is 6.08 Å². The molecule has 2 saturated heterocycles. The smallest absolute Gasteiger partial charge is 0.198 e. The highest BCUT2D eigenvalue weighted by Gasteiger charge is 2.29. The van der Waals surface area contributed by atoms with Crippen LogP contribution in [0.15, 0.2) is 59.2 Å². The molecule has 2 aliphatic heterocycles. The first kappa shape index (κ1) is 24.6. The summed E-state index contributed by atoms with van der Waals surface area (Å²) in [4.78, 5) is 21.2. The SMILES string of the molecule is O=C(C=CN1CCC(C(O)CN2CCC(c3nc4ccccc4o3)CC2)CC1)c1cc(F)cc(F)c1. The van der Waals surface area contributed by atoms with Gasteiger partial charge in [-0.3, -0.25) is 4.79 Å². The molecule has 1 unspecified atom stereocenters. The number of aliphatic hydroxyl groups excluding tert-OH is 1. The van der Waals surface area contributed by atoms with Crippen molar-refractivity contribution in [3.05, 3.63) is 77.8 Å². The number of piperidine rings is 2. The molecular weight excluding hydrogens is 464 g/mol. The second-order valence-corrected chi connectivity index (χ2v) is 9.87. The first-order valence-electron chi connectivity index (χ1n) is 12.6. The van der Waals surface area contributed by atoms with Crippen LogP contribution in [-0.2, 0) is 0 Å². The van der Waals surface area contributed by atoms with Crippen LogP contribution in [0.3, 0.4) is 0 Å². The van der Waals surface area contributed by atoms with E-state index in [4.69, 9.17) is 4.42 Å². The molecule has 3 heterocycles. The summed E-state index contributed by atoms with van der Waals surface area (Å²) in [7, 11) is 0. The van der Waals surface area contributed by atoms with Crippen molar-refractivity contribution in [3.8, 4) is 0 Å². The molecule has 1 N–H and O–H groups in total. The number of carbonyl (C=O) groups is 1. The molecular formula is C28H31F2N3O3. The number of likely N-dealkylation sites (tertiary alicyclic amines) is 2. The monoisotopic (exact) mass is 495 g/mol. The van der Waals surface area contributed by atoms with E-state index in [2.05, 4.69) is 9.88 Å². The summed E-state index contributed by atoms with van der Waals surface area (Å²) in [5.74, 6) is -0.631. The Bertz CT molecular complexity index is 1170. The van der Waals surface area contributed by atoms with Crippen LogP contribution in [0.4, 0.5) is 8.78 Å². The third kappa shape index (κ3) is 5.82. The van der Waals surface area contributed by atoms with Gasteiger partial charge in [0.25, 0.3) is 0 Å². The number of β-amino-alcohol motifs (C(OH)–C–C–N with tert-alkyl or cyclic N) is 1. The highest BCUT2D eigenvalue weighted by molar-refractivity contribution is 6.04. The van der Waals surface area contributed by atoms with Crippen molar-refractivity contribution in [3.63, 3.8) is 0 Å². The third-order valence-corrected chi connectivity index (χ3v) is 7.39. The van der Waals surface area contributed by atoms with Crippen LogP contribution in [-0.4, -0.2) is 64.5 Å². The topological polar surface area (TPSA) is 69.8 Å². The first-order chi connectivity index (χ1) is 17.4. The Morgan fingerprint density at radius 2 is 1.75 bits per heavy atom. The molecule has 0 saturated carbocycles. The van der Waals surface area contributed by atoms with Gasteiger partial charge in [0.15, 0.2) is 17.3 Å². The quantitative estimate of drug-likeness (QED) is 0.377. The fourth-order valence-electron chi connectivity index (χ4n) is 5.26. The van der Waals surface area contributed by atoms with Crippen molar-refractivity contribution >= 4 is 16.9 Å². The van der Waals surface area contributed by atoms with Crippen LogP contribution in [0.1, 0.15) is 47.8 Å². The maximum absolute atomic E-state index is 13.3. The predicted octanol–water partition coefficient (Wildman–Crippen LogP) is 4.75. The van der Waals surface area contributed by atoms with Crippen molar-refractivity contribution in [2.45, 2.75) is 37.7 Å². The molecule has 190 valence electrons. The van der Waals surface area contributed by atoms with E-state index in [-0.39, 0.29) is 11.5 Å². The summed E-state index contributed by atoms with van der Waals surface area (Å²) in [6, 6.07) is 10.7. The number of rotatable bonds is 7. The molecule has 2 aliphatic rings. The number of nitrogens with zero attached hydrogens (tertiary/aromatic N) is 3. The van der Waals surface area contributed by atoms with Gasteiger partial charge in [0.2, 0.25) is 0 Å². The fourth-order valence-corrected chi connectivity index (χ4v) is 5.26. The van der Waals surface area contributed by atoms with Gasteiger partial charge in [0.1, 0.15) is 17.2 Å². The number of aromatic nitrogens is 1. The van der Waals surface area contributed by atoms with Crippen LogP contribution in [0, 0.1) is 17.6 Å². The number of oxazole rings is 1. The van der Waals surface area contributed by atoms with E-state index in [9.17, 15) is 18.7 Å². The van der Waals surface area contributed by atoms with E-state index in [0.717, 1.165) is 87.1 Å². The number of fused-ring (bicyclic) bond motifs is 1. The Kier molecular flexibility index (Phi) is 7.43. The molecule has 0 amide bonds. The number of hydrogen-bond acceptors (Lipinski definition) is 6. The van der Waals surface area contributed by atoms with Crippen molar-refractivity contribution in [2.24, 2.45) is 5.92 Å². The molecule has 0 spiro atoms. The van der Waals surface area contributed by atoms with Crippen molar-refractivity contribution in [1.82, 2.24) is 14.8 Å². The molecule has 2 fully saturated rings. The standard InChI is InChI=1S/C28H31F2N3O3/c29-22-15-21(16-23(30)17-22)25(34)9-14-32-10-5-19(6-11-32)26(35)18-33-12-7-20(8-13-33)28-31-24-3-1-2-4-27(24)36-28/h1-4,9,14-17,19-20,26,35H,5-8,10-13,18H2. The van der Waals surface area contributed by atoms with Gasteiger partial charge in [0.05, 0.1) is 6.10 Å². The molecule has 0 bridgehead atoms. The minimum absolute atomic E-state index is 0.00562. The molecule has 1 aromatic heterocycles. The van der Waals surface area contributed by atoms with Gasteiger partial charge in [-0.15, -0.1) is 0 Å². The van der Waals surface area contributed by atoms with Gasteiger partial charge >= 0.3 is 0 Å². The maximum atomic E-state index is 13.3. The van der Waals surface area contributed by atoms with E-state index in [0.29, 0.717) is 12.5 Å². The number of hydrogen-bond donors (Lipinski definition) is 1. The van der Waals surface area contributed by atoms with Gasteiger partial charge in [0, 0.05) is 49.5 Å². The zero-order valence-corrected chi connectivity index (χ0v) is 20.2. The number of ketones is 1. The first-order valence-corrected chi connectivity index (χ1v) is 12.6. The summed E-state index contributed by atoms with van der Waals surface area (Å²) in [5.41, 5.74) is 1.73. The van der Waals surface area contributed by atoms with E-state index in [1.807, 2.05) is 29.2 Å². The number of carbonyl (C=O) groups excluding carboxylic acids is 1. The van der Waals surface area contributed by atoms with Crippen molar-refractivity contribution in [2.75, 3.05) is 32.7 Å². The van der Waals surface area contributed by atoms with Gasteiger partial charge in [-0.2, -0.15) is 0 Å². The predicted molar refractivity (Wildman–Crippen MR) is 133 cm³/mol. The average Bonchev–Trinajstić information content (AvgIpc) is 3.32. The second kappa shape index (κ2) is 10.9. The molecule has 6 nitrogen and oxygen atoms in total. The van der Waals surface area contributed by atoms with Gasteiger partial charge < -0.3 is 19.3 Å². The van der Waals surface area contributed by atoms with Crippen LogP contribution in [0.2, 0.25) is 0 Å². The molecule has 3 aromatic rings. The fraction of sp³-hybridized carbons (Fsp3) is 0.429. The lowest BCUT2D eigenvalue weighted by molar-refractivity contribution is 0.0311. The zero-order chi connectivity index (χ0) is 25.1. The van der Waals surface area contributed by atoms with Crippen molar-refractivity contribution in [1.29, 1.82) is 0 Å². The van der Waals surface area contributed by atoms with Crippen LogP contribution >= 0.6 is 0 Å². The largest absolute Gasteiger partial charge is 0.440 e. The van der Waals surface area contributed by atoms with E-state index in [1.54, 1.807) is 6.20 Å². The molecule has 8 heteroatoms. The second-order valence-electron chi connectivity index (χ2n) is 9.87. The van der Waals surface area contributed by atoms with Gasteiger partial charge in [-0.05, 0) is 69.0 Å². The number of benzene rings is 2. The molecule has 0 aliphatic carbocycles. The highest BCUT2D eigenvalue weighted by Crippen LogP contribution is 2.30. The lowest BCUT2D eigenvalue weighted by Gasteiger charge is -2.37. The van der Waals surface area contributed by atoms with E-state index < -0.39 is 23.5 Å². The Hall–Kier alpha value is -3.10. The van der Waals surface area contributed by atoms with Crippen LogP contribution < -0.4 is 0 Å². The van der Waals surface area contributed by atoms with Crippen molar-refractivity contribution < 1.29 is 23.1 Å². The normalized spacial score (nSPS) is 19.4. The van der Waals surface area contributed by atoms with Gasteiger partial charge in [-0.1, -0.05) is 12.1 Å². The number of para-hydroxylation sites is 2. The summed E-state index contributed by atoms with van der Waals surface area (Å²) >= 11 is 0. The molecule has 36 heavy (non-hydrogen) atoms. The van der Waals surface area contributed by atoms with Crippen LogP contribution in [0.25, 0.3) is 11.1 Å². The van der Waals surface area contributed by atoms with E-state index >= 15 is 0 Å². The number of allylic oxidation sites excluding steroid dienone is 1. The Morgan fingerprint density at radius 1 is 1.06 bits per heavy atom. The number of halogens is 2. The third-order valence-electron chi connectivity index (χ3n) is 7.39. The average molecular weight is 496 g/mol. The maximum Gasteiger partial charge on any atom is 0.198 e. The summed E-state index contributed by atoms with van der Waals surface area (Å²) in [5, 5.41) is 10.9. The zero-order valence-electron chi connectivity index (χ0n) is 20.2. The minimum Gasteiger partial charge on any atom is -0.440 e. The lowest BCUT2D eigenvalue weighted by Crippen LogP contribution is -2.43. The minimum atomic E-state index is -0.767. The van der Waals surface area contributed by atoms with Crippen LogP contribution in [0.5, 0.6) is 0 Å². The summed E-state index contributed by atoms with van der Waals surface area (Å²) in [6.45, 7) is 3.92.